The summed E-state index contributed by atoms with van der Waals surface area (Å²) < 4.78 is 14.0. The molecule has 152 valence electrons. The van der Waals surface area contributed by atoms with Crippen LogP contribution >= 0.6 is 23.4 Å². The Kier molecular flexibility index (Phi) is 5.79. The number of nitrogens with one attached hydrogen (secondary N) is 1. The van der Waals surface area contributed by atoms with Gasteiger partial charge in [0.2, 0.25) is 5.91 Å². The Labute approximate surface area is 183 Å². The van der Waals surface area contributed by atoms with E-state index in [0.29, 0.717) is 33.3 Å². The van der Waals surface area contributed by atoms with Gasteiger partial charge in [0.1, 0.15) is 11.2 Å². The van der Waals surface area contributed by atoms with Crippen molar-refractivity contribution in [1.29, 1.82) is 0 Å². The summed E-state index contributed by atoms with van der Waals surface area (Å²) in [6, 6.07) is 18.8. The molecule has 0 saturated carbocycles. The van der Waals surface area contributed by atoms with Crippen LogP contribution in [0.3, 0.4) is 0 Å². The van der Waals surface area contributed by atoms with Gasteiger partial charge >= 0.3 is 0 Å². The Morgan fingerprint density at radius 3 is 2.60 bits per heavy atom. The van der Waals surface area contributed by atoms with Crippen LogP contribution in [0.25, 0.3) is 0 Å². The maximum absolute atomic E-state index is 14.0. The van der Waals surface area contributed by atoms with E-state index < -0.39 is 0 Å². The first kappa shape index (κ1) is 20.4. The summed E-state index contributed by atoms with van der Waals surface area (Å²) in [5.41, 5.74) is 3.07. The molecule has 3 aromatic rings. The van der Waals surface area contributed by atoms with Gasteiger partial charge in [-0.15, -0.1) is 11.8 Å². The fraction of sp³-hybridized carbons (Fsp3) is 0.130. The van der Waals surface area contributed by atoms with Crippen molar-refractivity contribution in [3.05, 3.63) is 94.3 Å². The highest BCUT2D eigenvalue weighted by Crippen LogP contribution is 2.42. The van der Waals surface area contributed by atoms with E-state index in [9.17, 15) is 14.0 Å². The van der Waals surface area contributed by atoms with Crippen molar-refractivity contribution in [3.8, 4) is 0 Å². The quantitative estimate of drug-likeness (QED) is 0.556. The highest BCUT2D eigenvalue weighted by atomic mass is 35.5. The lowest BCUT2D eigenvalue weighted by molar-refractivity contribution is -0.115. The topological polar surface area (TPSA) is 49.4 Å². The molecule has 0 aromatic heterocycles. The van der Waals surface area contributed by atoms with E-state index in [4.69, 9.17) is 11.6 Å². The summed E-state index contributed by atoms with van der Waals surface area (Å²) in [6.07, 6.45) is 0. The number of halogens is 2. The molecule has 1 aliphatic heterocycles. The minimum absolute atomic E-state index is 0.0633. The molecule has 7 heteroatoms. The van der Waals surface area contributed by atoms with Gasteiger partial charge in [-0.3, -0.25) is 14.5 Å². The average molecular weight is 441 g/mol. The number of carbonyl (C=O) groups is 2. The molecule has 0 bridgehead atoms. The lowest BCUT2D eigenvalue weighted by Gasteiger charge is -2.25. The molecule has 1 N–H and O–H groups in total. The molecule has 1 heterocycles. The van der Waals surface area contributed by atoms with Crippen molar-refractivity contribution in [1.82, 2.24) is 0 Å². The maximum Gasteiger partial charge on any atom is 0.255 e. The third-order valence-corrected chi connectivity index (χ3v) is 6.29. The predicted octanol–water partition coefficient (Wildman–Crippen LogP) is 5.82. The van der Waals surface area contributed by atoms with Gasteiger partial charge in [0.25, 0.3) is 5.91 Å². The van der Waals surface area contributed by atoms with Crippen LogP contribution in [0.2, 0.25) is 5.02 Å². The lowest BCUT2D eigenvalue weighted by Crippen LogP contribution is -2.28. The lowest BCUT2D eigenvalue weighted by atomic mass is 10.1. The molecule has 1 fully saturated rings. The first-order chi connectivity index (χ1) is 14.4. The van der Waals surface area contributed by atoms with Crippen molar-refractivity contribution in [2.75, 3.05) is 16.0 Å². The maximum atomic E-state index is 14.0. The van der Waals surface area contributed by atoms with Gasteiger partial charge in [-0.1, -0.05) is 35.9 Å². The first-order valence-corrected chi connectivity index (χ1v) is 10.7. The number of hydrogen-bond acceptors (Lipinski definition) is 3. The summed E-state index contributed by atoms with van der Waals surface area (Å²) >= 11 is 7.43. The molecule has 30 heavy (non-hydrogen) atoms. The second-order valence-corrected chi connectivity index (χ2v) is 8.45. The number of nitrogens with zero attached hydrogens (tertiary/aromatic N) is 1. The van der Waals surface area contributed by atoms with Gasteiger partial charge in [-0.2, -0.15) is 0 Å². The molecular formula is C23H18ClFN2O2S. The molecule has 0 unspecified atom stereocenters. The van der Waals surface area contributed by atoms with Crippen LogP contribution in [0.4, 0.5) is 15.8 Å². The average Bonchev–Trinajstić information content (AvgIpc) is 3.12. The molecule has 1 saturated heterocycles. The largest absolute Gasteiger partial charge is 0.322 e. The van der Waals surface area contributed by atoms with E-state index in [2.05, 4.69) is 5.32 Å². The number of hydrogen-bond donors (Lipinski definition) is 1. The summed E-state index contributed by atoms with van der Waals surface area (Å²) in [7, 11) is 0. The third-order valence-electron chi connectivity index (χ3n) is 4.84. The van der Waals surface area contributed by atoms with Crippen molar-refractivity contribution < 1.29 is 14.0 Å². The Balaban J connectivity index is 1.53. The number of amides is 2. The number of rotatable bonds is 4. The molecule has 1 aliphatic rings. The molecule has 3 aromatic carbocycles. The Morgan fingerprint density at radius 1 is 1.13 bits per heavy atom. The molecule has 0 aliphatic carbocycles. The third kappa shape index (κ3) is 4.20. The summed E-state index contributed by atoms with van der Waals surface area (Å²) in [5.74, 6) is -0.331. The van der Waals surface area contributed by atoms with E-state index in [0.717, 1.165) is 5.56 Å². The molecule has 0 spiro atoms. The van der Waals surface area contributed by atoms with Gasteiger partial charge in [-0.05, 0) is 60.5 Å². The minimum Gasteiger partial charge on any atom is -0.322 e. The van der Waals surface area contributed by atoms with Crippen LogP contribution in [0.5, 0.6) is 0 Å². The standard InChI is InChI=1S/C23H18ClFN2O2S/c1-14-5-10-19(12-20(14)25)27-21(28)13-30-23(27)15-6-8-18(9-7-15)26-22(29)16-3-2-4-17(24)11-16/h2-12,23H,13H2,1H3,(H,26,29)/t23-/m1/s1. The highest BCUT2D eigenvalue weighted by molar-refractivity contribution is 8.00. The second-order valence-electron chi connectivity index (χ2n) is 6.95. The zero-order valence-corrected chi connectivity index (χ0v) is 17.6. The molecule has 2 amide bonds. The smallest absolute Gasteiger partial charge is 0.255 e. The Bertz CT molecular complexity index is 1120. The number of benzene rings is 3. The fourth-order valence-corrected chi connectivity index (χ4v) is 4.61. The Morgan fingerprint density at radius 2 is 1.90 bits per heavy atom. The van der Waals surface area contributed by atoms with Crippen LogP contribution in [0.1, 0.15) is 26.9 Å². The predicted molar refractivity (Wildman–Crippen MR) is 120 cm³/mol. The monoisotopic (exact) mass is 440 g/mol. The SMILES string of the molecule is Cc1ccc(N2C(=O)CS[C@@H]2c2ccc(NC(=O)c3cccc(Cl)c3)cc2)cc1F. The van der Waals surface area contributed by atoms with Gasteiger partial charge in [0.05, 0.1) is 5.75 Å². The highest BCUT2D eigenvalue weighted by Gasteiger charge is 2.34. The van der Waals surface area contributed by atoms with Gasteiger partial charge in [0.15, 0.2) is 0 Å². The van der Waals surface area contributed by atoms with E-state index in [1.807, 2.05) is 12.1 Å². The van der Waals surface area contributed by atoms with Crippen molar-refractivity contribution in [3.63, 3.8) is 0 Å². The van der Waals surface area contributed by atoms with Crippen molar-refractivity contribution in [2.24, 2.45) is 0 Å². The van der Waals surface area contributed by atoms with Gasteiger partial charge in [-0.25, -0.2) is 4.39 Å². The molecule has 4 nitrogen and oxygen atoms in total. The van der Waals surface area contributed by atoms with Crippen LogP contribution in [-0.4, -0.2) is 17.6 Å². The van der Waals surface area contributed by atoms with Crippen LogP contribution in [0, 0.1) is 12.7 Å². The minimum atomic E-state index is -0.338. The van der Waals surface area contributed by atoms with Gasteiger partial charge in [0, 0.05) is 22.0 Å². The van der Waals surface area contributed by atoms with E-state index in [1.54, 1.807) is 60.4 Å². The number of anilines is 2. The molecule has 1 atom stereocenters. The fourth-order valence-electron chi connectivity index (χ4n) is 3.25. The normalized spacial score (nSPS) is 16.0. The zero-order chi connectivity index (χ0) is 21.3. The van der Waals surface area contributed by atoms with Gasteiger partial charge < -0.3 is 5.32 Å². The molecule has 0 radical (unpaired) electrons. The second kappa shape index (κ2) is 8.50. The number of aryl methyl sites for hydroxylation is 1. The molecular weight excluding hydrogens is 423 g/mol. The number of carbonyl (C=O) groups excluding carboxylic acids is 2. The summed E-state index contributed by atoms with van der Waals surface area (Å²) in [6.45, 7) is 1.69. The zero-order valence-electron chi connectivity index (χ0n) is 16.1. The van der Waals surface area contributed by atoms with E-state index >= 15 is 0 Å². The van der Waals surface area contributed by atoms with Crippen molar-refractivity contribution in [2.45, 2.75) is 12.3 Å². The molecule has 4 rings (SSSR count). The van der Waals surface area contributed by atoms with Crippen LogP contribution < -0.4 is 10.2 Å². The van der Waals surface area contributed by atoms with Crippen LogP contribution in [0.15, 0.2) is 66.7 Å². The van der Waals surface area contributed by atoms with Crippen molar-refractivity contribution >= 4 is 46.6 Å². The van der Waals surface area contributed by atoms with E-state index in [-0.39, 0.29) is 23.0 Å². The summed E-state index contributed by atoms with van der Waals surface area (Å²) in [4.78, 5) is 26.5. The first-order valence-electron chi connectivity index (χ1n) is 9.29. The van der Waals surface area contributed by atoms with E-state index in [1.165, 1.54) is 17.8 Å². The van der Waals surface area contributed by atoms with Crippen LogP contribution in [-0.2, 0) is 4.79 Å². The summed E-state index contributed by atoms with van der Waals surface area (Å²) in [5, 5.41) is 3.08. The number of thioether (sulfide) groups is 1. The Hall–Kier alpha value is -2.83.